The smallest absolute Gasteiger partial charge is 0.317 e. The number of amides is 3. The molecule has 2 aliphatic rings. The summed E-state index contributed by atoms with van der Waals surface area (Å²) in [5.74, 6) is 0.0499. The first-order chi connectivity index (χ1) is 11.5. The van der Waals surface area contributed by atoms with Gasteiger partial charge in [0.05, 0.1) is 10.8 Å². The van der Waals surface area contributed by atoms with Crippen molar-refractivity contribution in [3.63, 3.8) is 0 Å². The molecule has 0 aliphatic carbocycles. The van der Waals surface area contributed by atoms with Gasteiger partial charge in [-0.3, -0.25) is 9.00 Å². The third kappa shape index (κ3) is 3.17. The zero-order valence-corrected chi connectivity index (χ0v) is 14.7. The summed E-state index contributed by atoms with van der Waals surface area (Å²) in [5, 5.41) is 2.94. The summed E-state index contributed by atoms with van der Waals surface area (Å²) >= 11 is 0. The van der Waals surface area contributed by atoms with Crippen LogP contribution >= 0.6 is 0 Å². The second-order valence-electron chi connectivity index (χ2n) is 6.34. The number of rotatable bonds is 3. The van der Waals surface area contributed by atoms with Crippen molar-refractivity contribution in [3.05, 3.63) is 35.9 Å². The summed E-state index contributed by atoms with van der Waals surface area (Å²) in [6, 6.07) is 9.94. The molecule has 1 unspecified atom stereocenters. The summed E-state index contributed by atoms with van der Waals surface area (Å²) in [4.78, 5) is 26.9. The molecule has 0 aromatic heterocycles. The van der Waals surface area contributed by atoms with Gasteiger partial charge in [-0.1, -0.05) is 30.3 Å². The van der Waals surface area contributed by atoms with E-state index in [0.29, 0.717) is 32.5 Å². The molecule has 0 saturated carbocycles. The highest BCUT2D eigenvalue weighted by atomic mass is 32.2. The van der Waals surface area contributed by atoms with Crippen molar-refractivity contribution >= 4 is 22.7 Å². The minimum atomic E-state index is -1.17. The van der Waals surface area contributed by atoms with Gasteiger partial charge in [0.2, 0.25) is 5.91 Å². The van der Waals surface area contributed by atoms with Crippen LogP contribution in [0.15, 0.2) is 30.3 Å². The van der Waals surface area contributed by atoms with E-state index in [1.54, 1.807) is 16.8 Å². The third-order valence-electron chi connectivity index (χ3n) is 5.03. The van der Waals surface area contributed by atoms with E-state index in [2.05, 4.69) is 5.32 Å². The van der Waals surface area contributed by atoms with E-state index in [9.17, 15) is 13.8 Å². The number of hydrogen-bond acceptors (Lipinski definition) is 3. The predicted octanol–water partition coefficient (Wildman–Crippen LogP) is 0.952. The Labute approximate surface area is 144 Å². The van der Waals surface area contributed by atoms with Crippen LogP contribution in [0.4, 0.5) is 4.79 Å². The van der Waals surface area contributed by atoms with E-state index in [-0.39, 0.29) is 17.7 Å². The maximum atomic E-state index is 12.3. The molecule has 1 aromatic rings. The maximum Gasteiger partial charge on any atom is 0.317 e. The van der Waals surface area contributed by atoms with Crippen molar-refractivity contribution in [3.8, 4) is 0 Å². The largest absolute Gasteiger partial charge is 0.338 e. The molecule has 130 valence electrons. The zero-order chi connectivity index (χ0) is 17.2. The van der Waals surface area contributed by atoms with Gasteiger partial charge in [-0.2, -0.15) is 0 Å². The highest BCUT2D eigenvalue weighted by molar-refractivity contribution is 7.87. The summed E-state index contributed by atoms with van der Waals surface area (Å²) in [6.07, 6.45) is 1.95. The van der Waals surface area contributed by atoms with Crippen LogP contribution in [0.5, 0.6) is 0 Å². The number of likely N-dealkylation sites (tertiary alicyclic amines) is 1. The predicted molar refractivity (Wildman–Crippen MR) is 92.9 cm³/mol. The number of urea groups is 1. The first-order valence-corrected chi connectivity index (χ1v) is 9.57. The van der Waals surface area contributed by atoms with E-state index >= 15 is 0 Å². The van der Waals surface area contributed by atoms with Crippen LogP contribution in [-0.2, 0) is 22.0 Å². The van der Waals surface area contributed by atoms with E-state index < -0.39 is 15.7 Å². The third-order valence-corrected chi connectivity index (χ3v) is 7.07. The monoisotopic (exact) mass is 349 g/mol. The molecule has 1 N–H and O–H groups in total. The molecule has 2 fully saturated rings. The Balaban J connectivity index is 1.49. The van der Waals surface area contributed by atoms with Crippen LogP contribution in [0, 0.1) is 0 Å². The standard InChI is InChI=1S/C17H23N3O3S/c1-19-15(21)13-24(23)17(19)8-11-20(12-9-17)16(22)18-10-7-14-5-3-2-4-6-14/h2-6H,7-13H2,1H3,(H,18,22). The van der Waals surface area contributed by atoms with Crippen molar-refractivity contribution in [2.24, 2.45) is 0 Å². The lowest BCUT2D eigenvalue weighted by atomic mass is 10.0. The van der Waals surface area contributed by atoms with Gasteiger partial charge in [-0.25, -0.2) is 4.79 Å². The highest BCUT2D eigenvalue weighted by Gasteiger charge is 2.51. The lowest BCUT2D eigenvalue weighted by Crippen LogP contribution is -2.55. The Bertz CT molecular complexity index is 642. The van der Waals surface area contributed by atoms with Crippen LogP contribution in [0.25, 0.3) is 0 Å². The summed E-state index contributed by atoms with van der Waals surface area (Å²) in [6.45, 7) is 1.65. The fraction of sp³-hybridized carbons (Fsp3) is 0.529. The molecule has 7 heteroatoms. The summed E-state index contributed by atoms with van der Waals surface area (Å²) in [5.41, 5.74) is 1.19. The summed E-state index contributed by atoms with van der Waals surface area (Å²) in [7, 11) is 0.557. The number of nitrogens with one attached hydrogen (secondary N) is 1. The second-order valence-corrected chi connectivity index (χ2v) is 8.08. The average Bonchev–Trinajstić information content (AvgIpc) is 2.80. The lowest BCUT2D eigenvalue weighted by molar-refractivity contribution is -0.129. The number of piperidine rings is 1. The molecule has 1 aromatic carbocycles. The first-order valence-electron chi connectivity index (χ1n) is 8.25. The lowest BCUT2D eigenvalue weighted by Gasteiger charge is -2.41. The Morgan fingerprint density at radius 2 is 1.92 bits per heavy atom. The van der Waals surface area contributed by atoms with Gasteiger partial charge in [0.1, 0.15) is 10.6 Å². The Morgan fingerprint density at radius 3 is 2.50 bits per heavy atom. The van der Waals surface area contributed by atoms with E-state index in [1.807, 2.05) is 30.3 Å². The number of nitrogens with zero attached hydrogens (tertiary/aromatic N) is 2. The normalized spacial score (nSPS) is 22.9. The van der Waals surface area contributed by atoms with Gasteiger partial charge in [0, 0.05) is 39.5 Å². The molecular formula is C17H23N3O3S. The van der Waals surface area contributed by atoms with Gasteiger partial charge < -0.3 is 15.1 Å². The maximum absolute atomic E-state index is 12.3. The van der Waals surface area contributed by atoms with E-state index in [1.165, 1.54) is 5.56 Å². The Hall–Kier alpha value is -1.89. The quantitative estimate of drug-likeness (QED) is 0.883. The first kappa shape index (κ1) is 17.0. The SMILES string of the molecule is CN1C(=O)CS(=O)C12CCN(C(=O)NCCc1ccccc1)CC2. The molecule has 3 amide bonds. The van der Waals surface area contributed by atoms with E-state index in [0.717, 1.165) is 6.42 Å². The molecule has 1 spiro atoms. The van der Waals surface area contributed by atoms with Gasteiger partial charge in [-0.15, -0.1) is 0 Å². The fourth-order valence-corrected chi connectivity index (χ4v) is 5.15. The van der Waals surface area contributed by atoms with Crippen molar-refractivity contribution in [2.75, 3.05) is 32.4 Å². The van der Waals surface area contributed by atoms with Crippen LogP contribution in [0.3, 0.4) is 0 Å². The zero-order valence-electron chi connectivity index (χ0n) is 13.9. The number of carbonyl (C=O) groups excluding carboxylic acids is 2. The van der Waals surface area contributed by atoms with Crippen molar-refractivity contribution in [2.45, 2.75) is 24.1 Å². The van der Waals surface area contributed by atoms with Crippen molar-refractivity contribution in [1.29, 1.82) is 0 Å². The topological polar surface area (TPSA) is 69.7 Å². The molecule has 0 radical (unpaired) electrons. The minimum Gasteiger partial charge on any atom is -0.338 e. The minimum absolute atomic E-state index is 0.0610. The van der Waals surface area contributed by atoms with Crippen LogP contribution in [0.1, 0.15) is 18.4 Å². The van der Waals surface area contributed by atoms with Gasteiger partial charge in [0.25, 0.3) is 0 Å². The van der Waals surface area contributed by atoms with Gasteiger partial charge in [0.15, 0.2) is 0 Å². The number of hydrogen-bond donors (Lipinski definition) is 1. The van der Waals surface area contributed by atoms with Crippen molar-refractivity contribution < 1.29 is 13.8 Å². The molecule has 6 nitrogen and oxygen atoms in total. The number of benzene rings is 1. The van der Waals surface area contributed by atoms with Gasteiger partial charge >= 0.3 is 6.03 Å². The van der Waals surface area contributed by atoms with Crippen LogP contribution in [0.2, 0.25) is 0 Å². The molecule has 24 heavy (non-hydrogen) atoms. The molecule has 2 heterocycles. The highest BCUT2D eigenvalue weighted by Crippen LogP contribution is 2.36. The summed E-state index contributed by atoms with van der Waals surface area (Å²) < 4.78 is 12.3. The molecule has 1 atom stereocenters. The average molecular weight is 349 g/mol. The molecule has 0 bridgehead atoms. The number of carbonyl (C=O) groups is 2. The fourth-order valence-electron chi connectivity index (χ4n) is 3.42. The van der Waals surface area contributed by atoms with Gasteiger partial charge in [-0.05, 0) is 12.0 Å². The second kappa shape index (κ2) is 6.93. The Morgan fingerprint density at radius 1 is 1.25 bits per heavy atom. The van der Waals surface area contributed by atoms with Crippen LogP contribution < -0.4 is 5.32 Å². The molecule has 3 rings (SSSR count). The van der Waals surface area contributed by atoms with Crippen LogP contribution in [-0.4, -0.2) is 63.3 Å². The Kier molecular flexibility index (Phi) is 4.89. The molecular weight excluding hydrogens is 326 g/mol. The van der Waals surface area contributed by atoms with Crippen molar-refractivity contribution in [1.82, 2.24) is 15.1 Å². The molecule has 2 saturated heterocycles. The van der Waals surface area contributed by atoms with E-state index in [4.69, 9.17) is 0 Å². The molecule has 2 aliphatic heterocycles.